The summed E-state index contributed by atoms with van der Waals surface area (Å²) >= 11 is 0. The van der Waals surface area contributed by atoms with Crippen molar-refractivity contribution in [3.63, 3.8) is 0 Å². The first-order chi connectivity index (χ1) is 7.81. The van der Waals surface area contributed by atoms with Gasteiger partial charge in [-0.3, -0.25) is 5.32 Å². The van der Waals surface area contributed by atoms with Gasteiger partial charge in [0.2, 0.25) is 6.79 Å². The molecule has 0 bridgehead atoms. The van der Waals surface area contributed by atoms with Crippen LogP contribution in [0.5, 0.6) is 11.5 Å². The van der Waals surface area contributed by atoms with Crippen LogP contribution in [0.4, 0.5) is 0 Å². The molecule has 3 heteroatoms. The summed E-state index contributed by atoms with van der Waals surface area (Å²) in [5.74, 6) is 7.49. The smallest absolute Gasteiger partial charge is 0.231 e. The van der Waals surface area contributed by atoms with Crippen LogP contribution < -0.4 is 14.8 Å². The van der Waals surface area contributed by atoms with Gasteiger partial charge in [0.15, 0.2) is 11.5 Å². The van der Waals surface area contributed by atoms with Gasteiger partial charge >= 0.3 is 0 Å². The van der Waals surface area contributed by atoms with E-state index in [-0.39, 0.29) is 6.04 Å². The largest absolute Gasteiger partial charge is 0.454 e. The number of hydrogen-bond acceptors (Lipinski definition) is 3. The maximum Gasteiger partial charge on any atom is 0.231 e. The number of fused-ring (bicyclic) bond motifs is 1. The summed E-state index contributed by atoms with van der Waals surface area (Å²) in [5.41, 5.74) is 1.18. The Morgan fingerprint density at radius 1 is 1.38 bits per heavy atom. The molecule has 0 spiro atoms. The third-order valence-electron chi connectivity index (χ3n) is 2.57. The quantitative estimate of drug-likeness (QED) is 0.786. The Morgan fingerprint density at radius 2 is 2.19 bits per heavy atom. The Balaban J connectivity index is 2.05. The molecule has 0 aromatic heterocycles. The molecule has 0 radical (unpaired) electrons. The Hall–Kier alpha value is -1.66. The Morgan fingerprint density at radius 3 is 3.00 bits per heavy atom. The highest BCUT2D eigenvalue weighted by molar-refractivity contribution is 5.45. The molecule has 16 heavy (non-hydrogen) atoms. The minimum atomic E-state index is 0.260. The summed E-state index contributed by atoms with van der Waals surface area (Å²) in [7, 11) is 0. The van der Waals surface area contributed by atoms with Crippen LogP contribution in [0.1, 0.15) is 25.5 Å². The van der Waals surface area contributed by atoms with E-state index in [9.17, 15) is 0 Å². The number of nitrogens with one attached hydrogen (secondary N) is 1. The Bertz CT molecular complexity index is 431. The number of rotatable bonds is 3. The zero-order valence-corrected chi connectivity index (χ0v) is 9.54. The molecule has 0 saturated heterocycles. The average Bonchev–Trinajstić information content (AvgIpc) is 2.76. The Labute approximate surface area is 95.8 Å². The highest BCUT2D eigenvalue weighted by atomic mass is 16.7. The van der Waals surface area contributed by atoms with E-state index in [0.717, 1.165) is 11.5 Å². The van der Waals surface area contributed by atoms with Crippen molar-refractivity contribution < 1.29 is 9.47 Å². The van der Waals surface area contributed by atoms with Crippen molar-refractivity contribution in [2.24, 2.45) is 0 Å². The first kappa shape index (κ1) is 10.8. The molecule has 0 saturated carbocycles. The highest BCUT2D eigenvalue weighted by Gasteiger charge is 2.15. The molecule has 1 aliphatic rings. The van der Waals surface area contributed by atoms with Gasteiger partial charge in [0.05, 0.1) is 6.54 Å². The summed E-state index contributed by atoms with van der Waals surface area (Å²) in [4.78, 5) is 0. The normalized spacial score (nSPS) is 14.1. The van der Waals surface area contributed by atoms with Crippen LogP contribution in [0.3, 0.4) is 0 Å². The first-order valence-corrected chi connectivity index (χ1v) is 5.34. The second kappa shape index (κ2) is 4.91. The van der Waals surface area contributed by atoms with Crippen molar-refractivity contribution in [1.82, 2.24) is 5.32 Å². The molecule has 0 fully saturated rings. The van der Waals surface area contributed by atoms with Crippen molar-refractivity contribution in [2.45, 2.75) is 19.9 Å². The van der Waals surface area contributed by atoms with E-state index < -0.39 is 0 Å². The van der Waals surface area contributed by atoms with Gasteiger partial charge in [-0.1, -0.05) is 12.0 Å². The predicted octanol–water partition coefficient (Wildman–Crippen LogP) is 2.09. The fourth-order valence-electron chi connectivity index (χ4n) is 1.59. The molecule has 3 nitrogen and oxygen atoms in total. The van der Waals surface area contributed by atoms with Gasteiger partial charge in [-0.2, -0.15) is 0 Å². The van der Waals surface area contributed by atoms with Crippen LogP contribution in [0.15, 0.2) is 18.2 Å². The predicted molar refractivity (Wildman–Crippen MR) is 62.4 cm³/mol. The van der Waals surface area contributed by atoms with E-state index in [0.29, 0.717) is 13.3 Å². The van der Waals surface area contributed by atoms with Crippen LogP contribution in [0.2, 0.25) is 0 Å². The fraction of sp³-hybridized carbons (Fsp3) is 0.385. The molecule has 84 valence electrons. The van der Waals surface area contributed by atoms with E-state index in [2.05, 4.69) is 24.1 Å². The van der Waals surface area contributed by atoms with E-state index >= 15 is 0 Å². The molecule has 1 atom stereocenters. The van der Waals surface area contributed by atoms with Crippen LogP contribution in [0, 0.1) is 11.8 Å². The van der Waals surface area contributed by atoms with Crippen molar-refractivity contribution in [1.29, 1.82) is 0 Å². The molecule has 0 aliphatic carbocycles. The standard InChI is InChI=1S/C13H15NO2/c1-3-4-7-14-10(2)11-5-6-12-13(8-11)16-9-15-12/h5-6,8,10,14H,7,9H2,1-2H3. The van der Waals surface area contributed by atoms with E-state index in [1.807, 2.05) is 25.1 Å². The number of ether oxygens (including phenoxy) is 2. The van der Waals surface area contributed by atoms with Gasteiger partial charge in [-0.05, 0) is 31.5 Å². The molecule has 1 unspecified atom stereocenters. The van der Waals surface area contributed by atoms with Gasteiger partial charge in [-0.15, -0.1) is 5.92 Å². The molecule has 0 amide bonds. The minimum absolute atomic E-state index is 0.260. The highest BCUT2D eigenvalue weighted by Crippen LogP contribution is 2.33. The molecule has 1 aromatic rings. The van der Waals surface area contributed by atoms with Crippen LogP contribution in [0.25, 0.3) is 0 Å². The molecule has 1 aromatic carbocycles. The zero-order valence-electron chi connectivity index (χ0n) is 9.54. The summed E-state index contributed by atoms with van der Waals surface area (Å²) < 4.78 is 10.6. The molecule has 2 rings (SSSR count). The van der Waals surface area contributed by atoms with Gasteiger partial charge < -0.3 is 9.47 Å². The minimum Gasteiger partial charge on any atom is -0.454 e. The van der Waals surface area contributed by atoms with Crippen molar-refractivity contribution in [3.05, 3.63) is 23.8 Å². The van der Waals surface area contributed by atoms with E-state index in [1.54, 1.807) is 0 Å². The lowest BCUT2D eigenvalue weighted by Crippen LogP contribution is -2.18. The summed E-state index contributed by atoms with van der Waals surface area (Å²) in [6.07, 6.45) is 0. The lowest BCUT2D eigenvalue weighted by atomic mass is 10.1. The van der Waals surface area contributed by atoms with Gasteiger partial charge in [0.25, 0.3) is 0 Å². The summed E-state index contributed by atoms with van der Waals surface area (Å²) in [6, 6.07) is 6.26. The molecular weight excluding hydrogens is 202 g/mol. The number of hydrogen-bond donors (Lipinski definition) is 1. The maximum absolute atomic E-state index is 5.34. The van der Waals surface area contributed by atoms with Gasteiger partial charge in [0, 0.05) is 6.04 Å². The summed E-state index contributed by atoms with van der Waals surface area (Å²) in [6.45, 7) is 4.97. The first-order valence-electron chi connectivity index (χ1n) is 5.34. The monoisotopic (exact) mass is 217 g/mol. The lowest BCUT2D eigenvalue weighted by molar-refractivity contribution is 0.174. The summed E-state index contributed by atoms with van der Waals surface area (Å²) in [5, 5.41) is 3.32. The SMILES string of the molecule is CC#CCNC(C)c1ccc2c(c1)OCO2. The lowest BCUT2D eigenvalue weighted by Gasteiger charge is -2.12. The maximum atomic E-state index is 5.34. The van der Waals surface area contributed by atoms with Crippen LogP contribution in [-0.4, -0.2) is 13.3 Å². The average molecular weight is 217 g/mol. The van der Waals surface area contributed by atoms with Crippen molar-refractivity contribution >= 4 is 0 Å². The van der Waals surface area contributed by atoms with E-state index in [1.165, 1.54) is 5.56 Å². The van der Waals surface area contributed by atoms with Gasteiger partial charge in [-0.25, -0.2) is 0 Å². The van der Waals surface area contributed by atoms with Crippen LogP contribution in [-0.2, 0) is 0 Å². The third-order valence-corrected chi connectivity index (χ3v) is 2.57. The zero-order chi connectivity index (χ0) is 11.4. The second-order valence-corrected chi connectivity index (χ2v) is 3.64. The topological polar surface area (TPSA) is 30.5 Å². The molecule has 1 heterocycles. The van der Waals surface area contributed by atoms with Crippen LogP contribution >= 0.6 is 0 Å². The molecular formula is C13H15NO2. The molecule has 1 aliphatic heterocycles. The Kier molecular flexibility index (Phi) is 3.33. The fourth-order valence-corrected chi connectivity index (χ4v) is 1.59. The van der Waals surface area contributed by atoms with E-state index in [4.69, 9.17) is 9.47 Å². The van der Waals surface area contributed by atoms with Crippen molar-refractivity contribution in [2.75, 3.05) is 13.3 Å². The second-order valence-electron chi connectivity index (χ2n) is 3.64. The number of benzene rings is 1. The third kappa shape index (κ3) is 2.29. The van der Waals surface area contributed by atoms with Crippen molar-refractivity contribution in [3.8, 4) is 23.3 Å². The van der Waals surface area contributed by atoms with Gasteiger partial charge in [0.1, 0.15) is 0 Å². The molecule has 1 N–H and O–H groups in total.